The molecule has 1 rings (SSSR count). The van der Waals surface area contributed by atoms with Gasteiger partial charge in [0.25, 0.3) is 0 Å². The number of hydrogen-bond acceptors (Lipinski definition) is 2. The molecule has 0 bridgehead atoms. The molecule has 0 aromatic carbocycles. The molecule has 1 aliphatic rings. The predicted octanol–water partition coefficient (Wildman–Crippen LogP) is 1.21. The summed E-state index contributed by atoms with van der Waals surface area (Å²) in [5.41, 5.74) is 0. The summed E-state index contributed by atoms with van der Waals surface area (Å²) >= 11 is 0. The van der Waals surface area contributed by atoms with Crippen molar-refractivity contribution in [1.82, 2.24) is 0 Å². The van der Waals surface area contributed by atoms with Crippen LogP contribution in [0, 0.1) is 0 Å². The number of ether oxygens (including phenoxy) is 1. The van der Waals surface area contributed by atoms with E-state index in [1.54, 1.807) is 0 Å². The van der Waals surface area contributed by atoms with Crippen molar-refractivity contribution in [2.75, 3.05) is 6.35 Å². The molecule has 0 radical (unpaired) electrons. The van der Waals surface area contributed by atoms with Crippen LogP contribution in [0.2, 0.25) is 0 Å². The van der Waals surface area contributed by atoms with Gasteiger partial charge in [0.15, 0.2) is 6.35 Å². The second kappa shape index (κ2) is 3.39. The van der Waals surface area contributed by atoms with Crippen molar-refractivity contribution < 1.29 is 19.1 Å². The van der Waals surface area contributed by atoms with E-state index in [2.05, 4.69) is 0 Å². The maximum atomic E-state index is 10.3. The third kappa shape index (κ3) is 3.56. The van der Waals surface area contributed by atoms with E-state index < -0.39 is 13.9 Å². The lowest BCUT2D eigenvalue weighted by molar-refractivity contribution is 0.223. The first-order chi connectivity index (χ1) is 5.08. The summed E-state index contributed by atoms with van der Waals surface area (Å²) < 4.78 is 15.2. The first-order valence-electron chi connectivity index (χ1n) is 3.44. The van der Waals surface area contributed by atoms with Crippen LogP contribution in [-0.2, 0) is 9.30 Å². The SMILES string of the molecule is O=P(O)(O)COC1=CCCC1. The smallest absolute Gasteiger partial charge is 0.362 e. The second-order valence-corrected chi connectivity index (χ2v) is 4.09. The molecule has 0 saturated heterocycles. The van der Waals surface area contributed by atoms with Crippen molar-refractivity contribution in [1.29, 1.82) is 0 Å². The predicted molar refractivity (Wildman–Crippen MR) is 39.9 cm³/mol. The molecule has 0 unspecified atom stereocenters. The normalized spacial score (nSPS) is 18.2. The Bertz CT molecular complexity index is 205. The van der Waals surface area contributed by atoms with Gasteiger partial charge in [-0.25, -0.2) is 0 Å². The zero-order valence-electron chi connectivity index (χ0n) is 6.06. The molecule has 0 saturated carbocycles. The highest BCUT2D eigenvalue weighted by Crippen LogP contribution is 2.35. The van der Waals surface area contributed by atoms with Crippen molar-refractivity contribution in [2.24, 2.45) is 0 Å². The molecule has 0 aliphatic heterocycles. The van der Waals surface area contributed by atoms with Crippen LogP contribution in [0.15, 0.2) is 11.8 Å². The van der Waals surface area contributed by atoms with Crippen LogP contribution in [-0.4, -0.2) is 16.1 Å². The molecule has 0 spiro atoms. The molecular weight excluding hydrogens is 167 g/mol. The first-order valence-corrected chi connectivity index (χ1v) is 5.24. The molecule has 0 fully saturated rings. The minimum atomic E-state index is -3.98. The van der Waals surface area contributed by atoms with Gasteiger partial charge in [-0.1, -0.05) is 0 Å². The quantitative estimate of drug-likeness (QED) is 0.637. The van der Waals surface area contributed by atoms with Gasteiger partial charge in [0.1, 0.15) is 0 Å². The monoisotopic (exact) mass is 178 g/mol. The molecular formula is C6H11O4P. The molecule has 5 heteroatoms. The van der Waals surface area contributed by atoms with Crippen LogP contribution >= 0.6 is 7.60 Å². The summed E-state index contributed by atoms with van der Waals surface area (Å²) in [4.78, 5) is 16.9. The lowest BCUT2D eigenvalue weighted by Gasteiger charge is -2.06. The Morgan fingerprint density at radius 2 is 2.36 bits per heavy atom. The highest BCUT2D eigenvalue weighted by atomic mass is 31.2. The maximum Gasteiger partial charge on any atom is 0.362 e. The fourth-order valence-corrected chi connectivity index (χ4v) is 1.27. The van der Waals surface area contributed by atoms with Crippen molar-refractivity contribution in [3.63, 3.8) is 0 Å². The summed E-state index contributed by atoms with van der Waals surface area (Å²) in [6, 6.07) is 0. The van der Waals surface area contributed by atoms with E-state index in [4.69, 9.17) is 14.5 Å². The highest BCUT2D eigenvalue weighted by molar-refractivity contribution is 7.51. The van der Waals surface area contributed by atoms with Crippen LogP contribution in [0.25, 0.3) is 0 Å². The molecule has 0 aromatic heterocycles. The molecule has 1 aliphatic carbocycles. The zero-order chi connectivity index (χ0) is 8.32. The van der Waals surface area contributed by atoms with Crippen LogP contribution in [0.3, 0.4) is 0 Å². The number of allylic oxidation sites excluding steroid dienone is 2. The van der Waals surface area contributed by atoms with Gasteiger partial charge in [-0.2, -0.15) is 0 Å². The Morgan fingerprint density at radius 1 is 1.64 bits per heavy atom. The van der Waals surface area contributed by atoms with Gasteiger partial charge in [-0.3, -0.25) is 4.57 Å². The second-order valence-electron chi connectivity index (χ2n) is 2.50. The van der Waals surface area contributed by atoms with Crippen LogP contribution < -0.4 is 0 Å². The van der Waals surface area contributed by atoms with Gasteiger partial charge in [-0.15, -0.1) is 0 Å². The fourth-order valence-electron chi connectivity index (χ4n) is 0.939. The van der Waals surface area contributed by atoms with Gasteiger partial charge in [0, 0.05) is 6.42 Å². The molecule has 0 atom stereocenters. The Balaban J connectivity index is 2.27. The van der Waals surface area contributed by atoms with Crippen LogP contribution in [0.1, 0.15) is 19.3 Å². The Hall–Kier alpha value is -0.310. The van der Waals surface area contributed by atoms with Gasteiger partial charge >= 0.3 is 7.60 Å². The Labute approximate surface area is 65.0 Å². The van der Waals surface area contributed by atoms with Gasteiger partial charge in [-0.05, 0) is 18.9 Å². The minimum absolute atomic E-state index is 0.487. The summed E-state index contributed by atoms with van der Waals surface area (Å²) in [7, 11) is -3.98. The van der Waals surface area contributed by atoms with E-state index in [0.29, 0.717) is 5.76 Å². The van der Waals surface area contributed by atoms with Crippen molar-refractivity contribution in [3.05, 3.63) is 11.8 Å². The minimum Gasteiger partial charge on any atom is -0.486 e. The van der Waals surface area contributed by atoms with Gasteiger partial charge in [0.2, 0.25) is 0 Å². The van der Waals surface area contributed by atoms with E-state index >= 15 is 0 Å². The Morgan fingerprint density at radius 3 is 2.82 bits per heavy atom. The number of hydrogen-bond donors (Lipinski definition) is 2. The Kier molecular flexibility index (Phi) is 2.71. The van der Waals surface area contributed by atoms with Crippen molar-refractivity contribution in [3.8, 4) is 0 Å². The summed E-state index contributed by atoms with van der Waals surface area (Å²) in [5, 5.41) is 0. The van der Waals surface area contributed by atoms with Crippen LogP contribution in [0.5, 0.6) is 0 Å². The lowest BCUT2D eigenvalue weighted by Crippen LogP contribution is -1.93. The summed E-state index contributed by atoms with van der Waals surface area (Å²) in [5.74, 6) is 0.716. The fraction of sp³-hybridized carbons (Fsp3) is 0.667. The van der Waals surface area contributed by atoms with E-state index in [0.717, 1.165) is 19.3 Å². The van der Waals surface area contributed by atoms with Crippen molar-refractivity contribution in [2.45, 2.75) is 19.3 Å². The summed E-state index contributed by atoms with van der Waals surface area (Å²) in [6.45, 7) is 0. The lowest BCUT2D eigenvalue weighted by atomic mass is 10.4. The molecule has 0 aromatic rings. The summed E-state index contributed by atoms with van der Waals surface area (Å²) in [6.07, 6.45) is 4.17. The van der Waals surface area contributed by atoms with Crippen molar-refractivity contribution >= 4 is 7.60 Å². The first kappa shape index (κ1) is 8.78. The topological polar surface area (TPSA) is 66.8 Å². The number of rotatable bonds is 3. The highest BCUT2D eigenvalue weighted by Gasteiger charge is 2.15. The van der Waals surface area contributed by atoms with E-state index in [1.807, 2.05) is 6.08 Å². The van der Waals surface area contributed by atoms with Crippen LogP contribution in [0.4, 0.5) is 0 Å². The molecule has 2 N–H and O–H groups in total. The largest absolute Gasteiger partial charge is 0.486 e. The average Bonchev–Trinajstić information content (AvgIpc) is 2.32. The molecule has 0 heterocycles. The standard InChI is InChI=1S/C6H11O4P/c7-11(8,9)5-10-6-3-1-2-4-6/h3H,1-2,4-5H2,(H2,7,8,9). The van der Waals surface area contributed by atoms with Gasteiger partial charge < -0.3 is 14.5 Å². The molecule has 4 nitrogen and oxygen atoms in total. The van der Waals surface area contributed by atoms with Gasteiger partial charge in [0.05, 0.1) is 5.76 Å². The third-order valence-electron chi connectivity index (χ3n) is 1.42. The van der Waals surface area contributed by atoms with E-state index in [9.17, 15) is 4.57 Å². The molecule has 0 amide bonds. The third-order valence-corrected chi connectivity index (χ3v) is 1.88. The van der Waals surface area contributed by atoms with E-state index in [-0.39, 0.29) is 0 Å². The maximum absolute atomic E-state index is 10.3. The zero-order valence-corrected chi connectivity index (χ0v) is 6.96. The molecule has 64 valence electrons. The molecule has 11 heavy (non-hydrogen) atoms. The average molecular weight is 178 g/mol. The van der Waals surface area contributed by atoms with E-state index in [1.165, 1.54) is 0 Å².